The monoisotopic (exact) mass is 576 g/mol. The molecular weight excluding hydrogens is 545 g/mol. The summed E-state index contributed by atoms with van der Waals surface area (Å²) in [5, 5.41) is 17.5. The standard InChI is InChI=1S/C30H31F3N8O/c1-19-17-25(27(42)34-22-7-3-2-4-8-22)37-38-26(19)41-29(36-28(39-41)30(31,32)33)35-23-12-9-20-10-13-24(14-11-21(20)18-23)40-15-5-6-16-40/h2-4,7-9,12,17-18,24H,5-6,10-11,13-16H2,1H3,(H,34,42)(H,35,36,39). The van der Waals surface area contributed by atoms with Crippen LogP contribution in [0.4, 0.5) is 30.5 Å². The summed E-state index contributed by atoms with van der Waals surface area (Å²) in [7, 11) is 0. The van der Waals surface area contributed by atoms with Gasteiger partial charge >= 0.3 is 6.18 Å². The number of hydrogen-bond acceptors (Lipinski definition) is 7. The fraction of sp³-hybridized carbons (Fsp3) is 0.367. The van der Waals surface area contributed by atoms with E-state index in [1.807, 2.05) is 24.3 Å². The predicted molar refractivity (Wildman–Crippen MR) is 152 cm³/mol. The van der Waals surface area contributed by atoms with Crippen molar-refractivity contribution >= 4 is 23.2 Å². The van der Waals surface area contributed by atoms with Gasteiger partial charge < -0.3 is 15.5 Å². The Balaban J connectivity index is 1.25. The van der Waals surface area contributed by atoms with Gasteiger partial charge in [-0.05, 0) is 106 Å². The lowest BCUT2D eigenvalue weighted by molar-refractivity contribution is -0.144. The normalized spacial score (nSPS) is 17.5. The number of benzene rings is 2. The number of hydrogen-bond donors (Lipinski definition) is 2. The van der Waals surface area contributed by atoms with Gasteiger partial charge in [0.2, 0.25) is 5.95 Å². The summed E-state index contributed by atoms with van der Waals surface area (Å²) in [6.07, 6.45) is 1.80. The molecule has 1 amide bonds. The zero-order valence-electron chi connectivity index (χ0n) is 23.2. The SMILES string of the molecule is Cc1cc(C(=O)Nc2ccccc2)nnc1-n1nc(C(F)(F)F)nc1Nc1ccc2c(c1)CCC(N1CCCC1)CC2. The van der Waals surface area contributed by atoms with Crippen molar-refractivity contribution in [2.24, 2.45) is 0 Å². The summed E-state index contributed by atoms with van der Waals surface area (Å²) in [6.45, 7) is 3.94. The Morgan fingerprint density at radius 2 is 1.67 bits per heavy atom. The summed E-state index contributed by atoms with van der Waals surface area (Å²) in [5.74, 6) is -1.92. The second kappa shape index (κ2) is 11.5. The van der Waals surface area contributed by atoms with E-state index in [9.17, 15) is 18.0 Å². The minimum Gasteiger partial charge on any atom is -0.324 e. The van der Waals surface area contributed by atoms with E-state index in [4.69, 9.17) is 0 Å². The molecule has 1 saturated heterocycles. The van der Waals surface area contributed by atoms with E-state index in [2.05, 4.69) is 35.8 Å². The summed E-state index contributed by atoms with van der Waals surface area (Å²) < 4.78 is 42.1. The van der Waals surface area contributed by atoms with Gasteiger partial charge in [-0.3, -0.25) is 4.79 Å². The first-order valence-electron chi connectivity index (χ1n) is 14.1. The van der Waals surface area contributed by atoms with Crippen molar-refractivity contribution in [3.8, 4) is 5.82 Å². The van der Waals surface area contributed by atoms with E-state index < -0.39 is 17.9 Å². The molecule has 2 aromatic heterocycles. The van der Waals surface area contributed by atoms with Crippen LogP contribution in [-0.4, -0.2) is 54.9 Å². The molecule has 1 fully saturated rings. The largest absolute Gasteiger partial charge is 0.453 e. The Kier molecular flexibility index (Phi) is 7.63. The number of aromatic nitrogens is 5. The number of nitrogens with zero attached hydrogens (tertiary/aromatic N) is 6. The zero-order chi connectivity index (χ0) is 29.3. The molecule has 4 aromatic rings. The summed E-state index contributed by atoms with van der Waals surface area (Å²) in [4.78, 5) is 19.0. The molecule has 42 heavy (non-hydrogen) atoms. The van der Waals surface area contributed by atoms with Crippen LogP contribution in [0.15, 0.2) is 54.6 Å². The third-order valence-electron chi connectivity index (χ3n) is 7.90. The highest BCUT2D eigenvalue weighted by molar-refractivity contribution is 6.02. The molecule has 9 nitrogen and oxygen atoms in total. The van der Waals surface area contributed by atoms with Gasteiger partial charge in [-0.2, -0.15) is 22.8 Å². The van der Waals surface area contributed by atoms with Crippen LogP contribution in [0.5, 0.6) is 0 Å². The van der Waals surface area contributed by atoms with E-state index >= 15 is 0 Å². The van der Waals surface area contributed by atoms with Crippen molar-refractivity contribution in [3.63, 3.8) is 0 Å². The third kappa shape index (κ3) is 5.98. The quantitative estimate of drug-likeness (QED) is 0.283. The van der Waals surface area contributed by atoms with Crippen LogP contribution in [0, 0.1) is 6.92 Å². The number of nitrogens with one attached hydrogen (secondary N) is 2. The van der Waals surface area contributed by atoms with Gasteiger partial charge in [0.1, 0.15) is 0 Å². The maximum absolute atomic E-state index is 13.7. The van der Waals surface area contributed by atoms with Gasteiger partial charge in [0, 0.05) is 17.4 Å². The fourth-order valence-corrected chi connectivity index (χ4v) is 5.75. The first-order valence-corrected chi connectivity index (χ1v) is 14.1. The second-order valence-corrected chi connectivity index (χ2v) is 10.8. The molecule has 2 aliphatic rings. The lowest BCUT2D eigenvalue weighted by Crippen LogP contribution is -2.32. The molecule has 3 heterocycles. The van der Waals surface area contributed by atoms with E-state index in [-0.39, 0.29) is 17.5 Å². The Morgan fingerprint density at radius 1 is 0.929 bits per heavy atom. The van der Waals surface area contributed by atoms with Crippen LogP contribution in [0.1, 0.15) is 58.7 Å². The van der Waals surface area contributed by atoms with E-state index in [1.54, 1.807) is 31.2 Å². The molecule has 0 saturated carbocycles. The van der Waals surface area contributed by atoms with Gasteiger partial charge in [-0.25, -0.2) is 0 Å². The number of carbonyl (C=O) groups is 1. The van der Waals surface area contributed by atoms with Crippen LogP contribution in [0.2, 0.25) is 0 Å². The second-order valence-electron chi connectivity index (χ2n) is 10.8. The lowest BCUT2D eigenvalue weighted by atomic mass is 10.0. The van der Waals surface area contributed by atoms with Crippen molar-refractivity contribution in [2.45, 2.75) is 57.7 Å². The van der Waals surface area contributed by atoms with Crippen LogP contribution in [0.3, 0.4) is 0 Å². The maximum Gasteiger partial charge on any atom is 0.453 e. The minimum atomic E-state index is -4.77. The van der Waals surface area contributed by atoms with Crippen LogP contribution in [-0.2, 0) is 19.0 Å². The molecule has 1 aliphatic heterocycles. The summed E-state index contributed by atoms with van der Waals surface area (Å²) >= 11 is 0. The van der Waals surface area contributed by atoms with Gasteiger partial charge in [-0.15, -0.1) is 15.3 Å². The van der Waals surface area contributed by atoms with Gasteiger partial charge in [0.25, 0.3) is 11.7 Å². The summed E-state index contributed by atoms with van der Waals surface area (Å²) in [5.41, 5.74) is 4.07. The van der Waals surface area contributed by atoms with Crippen molar-refractivity contribution in [3.05, 3.63) is 82.8 Å². The van der Waals surface area contributed by atoms with E-state index in [0.29, 0.717) is 23.0 Å². The molecular formula is C30H31F3N8O. The Labute approximate surface area is 241 Å². The van der Waals surface area contributed by atoms with Crippen molar-refractivity contribution in [1.29, 1.82) is 0 Å². The average Bonchev–Trinajstić information content (AvgIpc) is 3.61. The number of fused-ring (bicyclic) bond motifs is 1. The number of para-hydroxylation sites is 1. The van der Waals surface area contributed by atoms with Gasteiger partial charge in [0.05, 0.1) is 0 Å². The van der Waals surface area contributed by atoms with Gasteiger partial charge in [0.15, 0.2) is 11.5 Å². The van der Waals surface area contributed by atoms with Gasteiger partial charge in [-0.1, -0.05) is 24.3 Å². The number of anilines is 3. The number of rotatable bonds is 6. The van der Waals surface area contributed by atoms with Crippen LogP contribution in [0.25, 0.3) is 5.82 Å². The highest BCUT2D eigenvalue weighted by atomic mass is 19.4. The molecule has 6 rings (SSSR count). The molecule has 1 unspecified atom stereocenters. The predicted octanol–water partition coefficient (Wildman–Crippen LogP) is 5.72. The van der Waals surface area contributed by atoms with Crippen LogP contribution < -0.4 is 10.6 Å². The van der Waals surface area contributed by atoms with Crippen molar-refractivity contribution < 1.29 is 18.0 Å². The molecule has 2 aromatic carbocycles. The Bertz CT molecular complexity index is 1580. The first kappa shape index (κ1) is 27.8. The number of likely N-dealkylation sites (tertiary alicyclic amines) is 1. The first-order chi connectivity index (χ1) is 20.2. The smallest absolute Gasteiger partial charge is 0.324 e. The third-order valence-corrected chi connectivity index (χ3v) is 7.90. The van der Waals surface area contributed by atoms with Crippen molar-refractivity contribution in [2.75, 3.05) is 23.7 Å². The average molecular weight is 577 g/mol. The maximum atomic E-state index is 13.7. The topological polar surface area (TPSA) is 101 Å². The molecule has 12 heteroatoms. The van der Waals surface area contributed by atoms with Crippen LogP contribution >= 0.6 is 0 Å². The number of halogens is 3. The van der Waals surface area contributed by atoms with E-state index in [0.717, 1.165) is 43.5 Å². The fourth-order valence-electron chi connectivity index (χ4n) is 5.75. The minimum absolute atomic E-state index is 0.0174. The number of aryl methyl sites for hydroxylation is 3. The number of carbonyl (C=O) groups excluding carboxylic acids is 1. The summed E-state index contributed by atoms with van der Waals surface area (Å²) in [6, 6.07) is 16.8. The highest BCUT2D eigenvalue weighted by Gasteiger charge is 2.38. The number of amides is 1. The molecule has 0 spiro atoms. The molecule has 218 valence electrons. The molecule has 0 radical (unpaired) electrons. The highest BCUT2D eigenvalue weighted by Crippen LogP contribution is 2.32. The van der Waals surface area contributed by atoms with Crippen molar-refractivity contribution in [1.82, 2.24) is 29.9 Å². The molecule has 0 bridgehead atoms. The molecule has 2 N–H and O–H groups in total. The molecule has 1 aliphatic carbocycles. The number of alkyl halides is 3. The van der Waals surface area contributed by atoms with E-state index in [1.165, 1.54) is 30.0 Å². The Hall–Kier alpha value is -4.32. The lowest BCUT2D eigenvalue weighted by Gasteiger charge is -2.25. The zero-order valence-corrected chi connectivity index (χ0v) is 23.2. The Morgan fingerprint density at radius 3 is 2.38 bits per heavy atom. The molecule has 1 atom stereocenters.